The van der Waals surface area contributed by atoms with Crippen molar-refractivity contribution >= 4 is 17.2 Å². The molecule has 0 aliphatic carbocycles. The minimum atomic E-state index is -0.0658. The highest BCUT2D eigenvalue weighted by molar-refractivity contribution is 7.12. The van der Waals surface area contributed by atoms with Gasteiger partial charge in [-0.25, -0.2) is 0 Å². The number of hydrogen-bond donors (Lipinski definition) is 1. The summed E-state index contributed by atoms with van der Waals surface area (Å²) in [4.78, 5) is 20.5. The summed E-state index contributed by atoms with van der Waals surface area (Å²) < 4.78 is 5.25. The second-order valence-corrected chi connectivity index (χ2v) is 8.59. The van der Waals surface area contributed by atoms with E-state index in [-0.39, 0.29) is 11.9 Å². The Bertz CT molecular complexity index is 921. The first kappa shape index (κ1) is 20.6. The Labute approximate surface area is 181 Å². The number of nitrogens with zero attached hydrogens (tertiary/aromatic N) is 2. The van der Waals surface area contributed by atoms with Crippen molar-refractivity contribution in [2.45, 2.75) is 25.4 Å². The number of carbonyl (C=O) groups excluding carboxylic acids is 1. The third-order valence-corrected chi connectivity index (χ3v) is 6.58. The van der Waals surface area contributed by atoms with Crippen LogP contribution in [0.1, 0.15) is 39.8 Å². The van der Waals surface area contributed by atoms with Crippen molar-refractivity contribution in [2.75, 3.05) is 20.2 Å². The van der Waals surface area contributed by atoms with Crippen LogP contribution in [0.3, 0.4) is 0 Å². The summed E-state index contributed by atoms with van der Waals surface area (Å²) in [6.07, 6.45) is 3.86. The molecule has 30 heavy (non-hydrogen) atoms. The molecular weight excluding hydrogens is 394 g/mol. The van der Waals surface area contributed by atoms with Crippen LogP contribution >= 0.6 is 11.3 Å². The molecule has 0 bridgehead atoms. The molecule has 1 amide bonds. The fourth-order valence-corrected chi connectivity index (χ4v) is 4.67. The standard InChI is InChI=1S/C24H27N3O2S/c1-29-20-9-7-18(8-10-20)17-27-14-11-19(12-15-27)23(21-5-2-3-13-25-21)26-24(28)22-6-4-16-30-22/h2-10,13,16,19,23H,11-12,14-15,17H2,1H3,(H,26,28)/t23-/m1/s1. The molecule has 3 aromatic rings. The first-order valence-electron chi connectivity index (χ1n) is 10.3. The van der Waals surface area contributed by atoms with Crippen molar-refractivity contribution in [1.82, 2.24) is 15.2 Å². The monoisotopic (exact) mass is 421 g/mol. The van der Waals surface area contributed by atoms with Crippen molar-refractivity contribution in [3.8, 4) is 5.75 Å². The van der Waals surface area contributed by atoms with Crippen LogP contribution < -0.4 is 10.1 Å². The van der Waals surface area contributed by atoms with E-state index in [0.29, 0.717) is 5.92 Å². The van der Waals surface area contributed by atoms with Gasteiger partial charge in [0.15, 0.2) is 0 Å². The molecule has 1 N–H and O–H groups in total. The molecular formula is C24H27N3O2S. The van der Waals surface area contributed by atoms with Gasteiger partial charge in [0.25, 0.3) is 5.91 Å². The number of pyridine rings is 1. The van der Waals surface area contributed by atoms with Gasteiger partial charge in [-0.15, -0.1) is 11.3 Å². The highest BCUT2D eigenvalue weighted by atomic mass is 32.1. The molecule has 5 nitrogen and oxygen atoms in total. The van der Waals surface area contributed by atoms with E-state index in [4.69, 9.17) is 4.74 Å². The molecule has 1 atom stereocenters. The first-order valence-corrected chi connectivity index (χ1v) is 11.2. The van der Waals surface area contributed by atoms with E-state index in [1.54, 1.807) is 13.3 Å². The lowest BCUT2D eigenvalue weighted by Crippen LogP contribution is -2.40. The normalized spacial score (nSPS) is 16.2. The molecule has 1 saturated heterocycles. The van der Waals surface area contributed by atoms with Crippen LogP contribution in [0.5, 0.6) is 5.75 Å². The van der Waals surface area contributed by atoms with Crippen LogP contribution in [-0.4, -0.2) is 36.0 Å². The Balaban J connectivity index is 1.40. The SMILES string of the molecule is COc1ccc(CN2CCC([C@@H](NC(=O)c3cccs3)c3ccccn3)CC2)cc1. The number of rotatable bonds is 7. The average Bonchev–Trinajstić information content (AvgIpc) is 3.34. The van der Waals surface area contributed by atoms with Gasteiger partial charge in [-0.1, -0.05) is 24.3 Å². The van der Waals surface area contributed by atoms with Crippen LogP contribution in [0.25, 0.3) is 0 Å². The fraction of sp³-hybridized carbons (Fsp3) is 0.333. The number of methoxy groups -OCH3 is 1. The molecule has 0 unspecified atom stereocenters. The van der Waals surface area contributed by atoms with Gasteiger partial charge in [-0.05, 0) is 73.1 Å². The van der Waals surface area contributed by atoms with E-state index in [0.717, 1.165) is 48.8 Å². The summed E-state index contributed by atoms with van der Waals surface area (Å²) in [6, 6.07) is 17.9. The molecule has 0 radical (unpaired) electrons. The van der Waals surface area contributed by atoms with E-state index in [1.165, 1.54) is 16.9 Å². The summed E-state index contributed by atoms with van der Waals surface area (Å²) in [5, 5.41) is 5.19. The van der Waals surface area contributed by atoms with Crippen molar-refractivity contribution in [2.24, 2.45) is 5.92 Å². The van der Waals surface area contributed by atoms with E-state index in [9.17, 15) is 4.79 Å². The number of ether oxygens (including phenoxy) is 1. The van der Waals surface area contributed by atoms with Gasteiger partial charge in [0, 0.05) is 12.7 Å². The highest BCUT2D eigenvalue weighted by Crippen LogP contribution is 2.31. The third kappa shape index (κ3) is 5.07. The molecule has 3 heterocycles. The minimum absolute atomic E-state index is 0.0127. The predicted molar refractivity (Wildman–Crippen MR) is 120 cm³/mol. The molecule has 4 rings (SSSR count). The predicted octanol–water partition coefficient (Wildman–Crippen LogP) is 4.54. The zero-order chi connectivity index (χ0) is 20.8. The number of nitrogens with one attached hydrogen (secondary N) is 1. The fourth-order valence-electron chi connectivity index (χ4n) is 4.05. The summed E-state index contributed by atoms with van der Waals surface area (Å²) in [5.41, 5.74) is 2.23. The van der Waals surface area contributed by atoms with E-state index >= 15 is 0 Å². The molecule has 1 fully saturated rings. The smallest absolute Gasteiger partial charge is 0.261 e. The van der Waals surface area contributed by atoms with Crippen LogP contribution in [0.15, 0.2) is 66.2 Å². The maximum Gasteiger partial charge on any atom is 0.261 e. The van der Waals surface area contributed by atoms with Crippen molar-refractivity contribution in [3.63, 3.8) is 0 Å². The average molecular weight is 422 g/mol. The summed E-state index contributed by atoms with van der Waals surface area (Å²) in [7, 11) is 1.69. The van der Waals surface area contributed by atoms with E-state index in [2.05, 4.69) is 27.3 Å². The molecule has 2 aromatic heterocycles. The summed E-state index contributed by atoms with van der Waals surface area (Å²) in [5.74, 6) is 1.24. The number of likely N-dealkylation sites (tertiary alicyclic amines) is 1. The number of aromatic nitrogens is 1. The summed E-state index contributed by atoms with van der Waals surface area (Å²) >= 11 is 1.47. The molecule has 0 saturated carbocycles. The molecule has 1 aliphatic heterocycles. The Hall–Kier alpha value is -2.70. The molecule has 6 heteroatoms. The van der Waals surface area contributed by atoms with Gasteiger partial charge in [-0.3, -0.25) is 14.7 Å². The quantitative estimate of drug-likeness (QED) is 0.609. The molecule has 1 aromatic carbocycles. The van der Waals surface area contributed by atoms with Crippen LogP contribution in [0.4, 0.5) is 0 Å². The third-order valence-electron chi connectivity index (χ3n) is 5.71. The second-order valence-electron chi connectivity index (χ2n) is 7.64. The maximum atomic E-state index is 12.7. The maximum absolute atomic E-state index is 12.7. The topological polar surface area (TPSA) is 54.5 Å². The van der Waals surface area contributed by atoms with Gasteiger partial charge in [0.1, 0.15) is 5.75 Å². The van der Waals surface area contributed by atoms with Gasteiger partial charge < -0.3 is 10.1 Å². The molecule has 156 valence electrons. The Kier molecular flexibility index (Phi) is 6.77. The highest BCUT2D eigenvalue weighted by Gasteiger charge is 2.30. The summed E-state index contributed by atoms with van der Waals surface area (Å²) in [6.45, 7) is 2.95. The van der Waals surface area contributed by atoms with Crippen molar-refractivity contribution in [3.05, 3.63) is 82.3 Å². The van der Waals surface area contributed by atoms with Gasteiger partial charge in [0.2, 0.25) is 0 Å². The molecule has 1 aliphatic rings. The Morgan fingerprint density at radius 3 is 2.60 bits per heavy atom. The van der Waals surface area contributed by atoms with Crippen LogP contribution in [0.2, 0.25) is 0 Å². The molecule has 0 spiro atoms. The number of hydrogen-bond acceptors (Lipinski definition) is 5. The first-order chi connectivity index (χ1) is 14.7. The lowest BCUT2D eigenvalue weighted by atomic mass is 9.87. The van der Waals surface area contributed by atoms with Gasteiger partial charge in [0.05, 0.1) is 23.7 Å². The van der Waals surface area contributed by atoms with Crippen LogP contribution in [0, 0.1) is 5.92 Å². The van der Waals surface area contributed by atoms with Crippen molar-refractivity contribution in [1.29, 1.82) is 0 Å². The Morgan fingerprint density at radius 2 is 1.97 bits per heavy atom. The van der Waals surface area contributed by atoms with E-state index in [1.807, 2.05) is 47.8 Å². The minimum Gasteiger partial charge on any atom is -0.497 e. The lowest BCUT2D eigenvalue weighted by molar-refractivity contribution is 0.0892. The largest absolute Gasteiger partial charge is 0.497 e. The van der Waals surface area contributed by atoms with Crippen molar-refractivity contribution < 1.29 is 9.53 Å². The lowest BCUT2D eigenvalue weighted by Gasteiger charge is -2.36. The van der Waals surface area contributed by atoms with Crippen LogP contribution in [-0.2, 0) is 6.54 Å². The number of thiophene rings is 1. The van der Waals surface area contributed by atoms with E-state index < -0.39 is 0 Å². The van der Waals surface area contributed by atoms with Gasteiger partial charge >= 0.3 is 0 Å². The number of carbonyl (C=O) groups is 1. The number of benzene rings is 1. The number of amides is 1. The zero-order valence-corrected chi connectivity index (χ0v) is 18.0. The number of piperidine rings is 1. The second kappa shape index (κ2) is 9.87. The zero-order valence-electron chi connectivity index (χ0n) is 17.2. The van der Waals surface area contributed by atoms with Gasteiger partial charge in [-0.2, -0.15) is 0 Å². The Morgan fingerprint density at radius 1 is 1.17 bits per heavy atom.